The lowest BCUT2D eigenvalue weighted by molar-refractivity contribution is 0.102. The summed E-state index contributed by atoms with van der Waals surface area (Å²) in [4.78, 5) is 16.2. The Labute approximate surface area is 123 Å². The minimum atomic E-state index is -0.170. The number of hydrogen-bond donors (Lipinski definition) is 1. The zero-order valence-corrected chi connectivity index (χ0v) is 12.3. The highest BCUT2D eigenvalue weighted by atomic mass is 79.9. The predicted octanol–water partition coefficient (Wildman–Crippen LogP) is 4.15. The quantitative estimate of drug-likeness (QED) is 0.767. The lowest BCUT2D eigenvalue weighted by Gasteiger charge is -2.07. The number of anilines is 1. The zero-order chi connectivity index (χ0) is 14.1. The molecule has 0 radical (unpaired) electrons. The molecule has 20 heavy (non-hydrogen) atoms. The van der Waals surface area contributed by atoms with Gasteiger partial charge in [-0.15, -0.1) is 0 Å². The van der Waals surface area contributed by atoms with Crippen molar-refractivity contribution >= 4 is 38.6 Å². The molecule has 3 rings (SSSR count). The van der Waals surface area contributed by atoms with Crippen LogP contribution in [0.1, 0.15) is 15.9 Å². The van der Waals surface area contributed by atoms with Gasteiger partial charge in [0.15, 0.2) is 12.0 Å². The second kappa shape index (κ2) is 5.09. The molecule has 0 fully saturated rings. The normalized spacial score (nSPS) is 10.7. The van der Waals surface area contributed by atoms with Gasteiger partial charge in [0.1, 0.15) is 5.52 Å². The number of carbonyl (C=O) groups excluding carboxylic acids is 1. The molecule has 0 unspecified atom stereocenters. The van der Waals surface area contributed by atoms with Gasteiger partial charge >= 0.3 is 0 Å². The Bertz CT molecular complexity index is 795. The first-order valence-electron chi connectivity index (χ1n) is 6.04. The molecule has 1 heterocycles. The summed E-state index contributed by atoms with van der Waals surface area (Å²) in [5.41, 5.74) is 3.71. The summed E-state index contributed by atoms with van der Waals surface area (Å²) in [6, 6.07) is 10.8. The van der Waals surface area contributed by atoms with Crippen molar-refractivity contribution < 1.29 is 9.21 Å². The minimum Gasteiger partial charge on any atom is -0.443 e. The third-order valence-electron chi connectivity index (χ3n) is 3.01. The molecular weight excluding hydrogens is 320 g/mol. The molecule has 0 aliphatic rings. The van der Waals surface area contributed by atoms with E-state index < -0.39 is 0 Å². The summed E-state index contributed by atoms with van der Waals surface area (Å²) in [7, 11) is 0. The number of fused-ring (bicyclic) bond motifs is 1. The predicted molar refractivity (Wildman–Crippen MR) is 80.8 cm³/mol. The fraction of sp³-hybridized carbons (Fsp3) is 0.0667. The van der Waals surface area contributed by atoms with Gasteiger partial charge in [0.25, 0.3) is 5.91 Å². The van der Waals surface area contributed by atoms with Crippen molar-refractivity contribution in [2.75, 3.05) is 5.32 Å². The van der Waals surface area contributed by atoms with Crippen LogP contribution in [-0.2, 0) is 0 Å². The highest BCUT2D eigenvalue weighted by molar-refractivity contribution is 9.10. The van der Waals surface area contributed by atoms with Crippen molar-refractivity contribution in [2.45, 2.75) is 6.92 Å². The Morgan fingerprint density at radius 1 is 1.25 bits per heavy atom. The maximum absolute atomic E-state index is 12.2. The van der Waals surface area contributed by atoms with E-state index in [1.54, 1.807) is 18.2 Å². The Hall–Kier alpha value is -2.14. The smallest absolute Gasteiger partial charge is 0.255 e. The summed E-state index contributed by atoms with van der Waals surface area (Å²) >= 11 is 3.43. The molecule has 100 valence electrons. The lowest BCUT2D eigenvalue weighted by atomic mass is 10.1. The van der Waals surface area contributed by atoms with Crippen LogP contribution in [0.2, 0.25) is 0 Å². The Kier molecular flexibility index (Phi) is 3.28. The first-order valence-corrected chi connectivity index (χ1v) is 6.83. The molecule has 0 saturated heterocycles. The van der Waals surface area contributed by atoms with Gasteiger partial charge in [0.05, 0.1) is 0 Å². The molecule has 3 aromatic rings. The number of carbonyl (C=O) groups is 1. The third-order valence-corrected chi connectivity index (χ3v) is 3.90. The molecule has 4 nitrogen and oxygen atoms in total. The van der Waals surface area contributed by atoms with Crippen LogP contribution in [0.15, 0.2) is 51.7 Å². The number of oxazole rings is 1. The molecule has 0 saturated carbocycles. The van der Waals surface area contributed by atoms with Crippen LogP contribution in [0.3, 0.4) is 0 Å². The fourth-order valence-corrected chi connectivity index (χ4v) is 2.17. The molecule has 1 amide bonds. The molecule has 0 aliphatic carbocycles. The van der Waals surface area contributed by atoms with E-state index in [1.165, 1.54) is 6.39 Å². The van der Waals surface area contributed by atoms with Crippen molar-refractivity contribution in [2.24, 2.45) is 0 Å². The van der Waals surface area contributed by atoms with Crippen molar-refractivity contribution in [1.29, 1.82) is 0 Å². The molecule has 2 aromatic carbocycles. The molecule has 1 N–H and O–H groups in total. The van der Waals surface area contributed by atoms with E-state index in [0.29, 0.717) is 16.7 Å². The van der Waals surface area contributed by atoms with Gasteiger partial charge in [-0.1, -0.05) is 15.9 Å². The van der Waals surface area contributed by atoms with Gasteiger partial charge in [-0.3, -0.25) is 4.79 Å². The van der Waals surface area contributed by atoms with Crippen molar-refractivity contribution in [3.8, 4) is 0 Å². The van der Waals surface area contributed by atoms with Crippen molar-refractivity contribution in [3.05, 3.63) is 58.4 Å². The first kappa shape index (κ1) is 12.9. The Balaban J connectivity index is 1.86. The number of rotatable bonds is 2. The number of amides is 1. The second-order valence-corrected chi connectivity index (χ2v) is 5.31. The van der Waals surface area contributed by atoms with Gasteiger partial charge in [-0.05, 0) is 48.9 Å². The Morgan fingerprint density at radius 2 is 2.10 bits per heavy atom. The number of hydrogen-bond acceptors (Lipinski definition) is 3. The monoisotopic (exact) mass is 330 g/mol. The summed E-state index contributed by atoms with van der Waals surface area (Å²) in [6.07, 6.45) is 1.37. The molecule has 0 bridgehead atoms. The van der Waals surface area contributed by atoms with Crippen molar-refractivity contribution in [1.82, 2.24) is 4.98 Å². The zero-order valence-electron chi connectivity index (χ0n) is 10.7. The second-order valence-electron chi connectivity index (χ2n) is 4.45. The van der Waals surface area contributed by atoms with E-state index in [9.17, 15) is 4.79 Å². The van der Waals surface area contributed by atoms with Crippen LogP contribution >= 0.6 is 15.9 Å². The summed E-state index contributed by atoms with van der Waals surface area (Å²) in [5, 5.41) is 2.86. The molecule has 0 atom stereocenters. The number of nitrogens with one attached hydrogen (secondary N) is 1. The molecular formula is C15H11BrN2O2. The van der Waals surface area contributed by atoms with Crippen LogP contribution in [0.25, 0.3) is 11.1 Å². The summed E-state index contributed by atoms with van der Waals surface area (Å²) in [5.74, 6) is -0.170. The van der Waals surface area contributed by atoms with E-state index in [1.807, 2.05) is 25.1 Å². The number of aryl methyl sites for hydroxylation is 1. The van der Waals surface area contributed by atoms with Gasteiger partial charge in [0.2, 0.25) is 0 Å². The molecule has 0 aliphatic heterocycles. The number of nitrogens with zero attached hydrogens (tertiary/aromatic N) is 1. The van der Waals surface area contributed by atoms with Crippen LogP contribution in [0.4, 0.5) is 5.69 Å². The van der Waals surface area contributed by atoms with Gasteiger partial charge < -0.3 is 9.73 Å². The average Bonchev–Trinajstić information content (AvgIpc) is 2.90. The van der Waals surface area contributed by atoms with Crippen molar-refractivity contribution in [3.63, 3.8) is 0 Å². The van der Waals surface area contributed by atoms with Crippen LogP contribution in [0.5, 0.6) is 0 Å². The number of halogens is 1. The van der Waals surface area contributed by atoms with E-state index in [0.717, 1.165) is 15.7 Å². The maximum atomic E-state index is 12.2. The highest BCUT2D eigenvalue weighted by Crippen LogP contribution is 2.21. The van der Waals surface area contributed by atoms with E-state index in [4.69, 9.17) is 4.42 Å². The number of benzene rings is 2. The topological polar surface area (TPSA) is 55.1 Å². The third kappa shape index (κ3) is 2.44. The summed E-state index contributed by atoms with van der Waals surface area (Å²) < 4.78 is 6.17. The first-order chi connectivity index (χ1) is 9.63. The standard InChI is InChI=1S/C15H11BrN2O2/c1-9-6-11(3-4-12(9)16)18-15(19)10-2-5-14-13(7-10)17-8-20-14/h2-8H,1H3,(H,18,19). The van der Waals surface area contributed by atoms with E-state index in [2.05, 4.69) is 26.2 Å². The Morgan fingerprint density at radius 3 is 2.90 bits per heavy atom. The van der Waals surface area contributed by atoms with Crippen LogP contribution < -0.4 is 5.32 Å². The summed E-state index contributed by atoms with van der Waals surface area (Å²) in [6.45, 7) is 1.97. The van der Waals surface area contributed by atoms with Gasteiger partial charge in [-0.25, -0.2) is 4.98 Å². The molecule has 1 aromatic heterocycles. The van der Waals surface area contributed by atoms with Gasteiger partial charge in [-0.2, -0.15) is 0 Å². The van der Waals surface area contributed by atoms with Crippen LogP contribution in [-0.4, -0.2) is 10.9 Å². The van der Waals surface area contributed by atoms with E-state index in [-0.39, 0.29) is 5.91 Å². The highest BCUT2D eigenvalue weighted by Gasteiger charge is 2.09. The molecule has 0 spiro atoms. The van der Waals surface area contributed by atoms with Gasteiger partial charge in [0, 0.05) is 15.7 Å². The minimum absolute atomic E-state index is 0.170. The largest absolute Gasteiger partial charge is 0.443 e. The SMILES string of the molecule is Cc1cc(NC(=O)c2ccc3ocnc3c2)ccc1Br. The van der Waals surface area contributed by atoms with E-state index >= 15 is 0 Å². The van der Waals surface area contributed by atoms with Crippen LogP contribution in [0, 0.1) is 6.92 Å². The fourth-order valence-electron chi connectivity index (χ4n) is 1.92. The maximum Gasteiger partial charge on any atom is 0.255 e. The molecule has 5 heteroatoms. The number of aromatic nitrogens is 1. The average molecular weight is 331 g/mol. The lowest BCUT2D eigenvalue weighted by Crippen LogP contribution is -2.11.